The Labute approximate surface area is 125 Å². The molecule has 1 heterocycles. The molecular formula is C18H30OSi. The molecule has 2 fully saturated rings. The molecule has 0 aromatic heterocycles. The summed E-state index contributed by atoms with van der Waals surface area (Å²) < 4.78 is 6.32. The van der Waals surface area contributed by atoms with E-state index in [1.165, 1.54) is 32.1 Å². The summed E-state index contributed by atoms with van der Waals surface area (Å²) in [6.07, 6.45) is 7.17. The van der Waals surface area contributed by atoms with Crippen LogP contribution in [0.25, 0.3) is 0 Å². The summed E-state index contributed by atoms with van der Waals surface area (Å²) >= 11 is 0. The molecule has 0 N–H and O–H groups in total. The Morgan fingerprint density at radius 1 is 1.25 bits per heavy atom. The van der Waals surface area contributed by atoms with Crippen LogP contribution in [0.4, 0.5) is 0 Å². The lowest BCUT2D eigenvalue weighted by atomic mass is 9.60. The van der Waals surface area contributed by atoms with Gasteiger partial charge in [-0.1, -0.05) is 37.8 Å². The van der Waals surface area contributed by atoms with E-state index < -0.39 is 8.07 Å². The third kappa shape index (κ3) is 2.46. The predicted octanol–water partition coefficient (Wildman–Crippen LogP) is 5.11. The Morgan fingerprint density at radius 2 is 2.00 bits per heavy atom. The SMILES string of the molecule is CC1=C2[C@H]3OC/C(=C/[Si](C)(C)C)[C@H]3CC[C@@]2(C)CCC1. The number of fused-ring (bicyclic) bond motifs is 3. The van der Waals surface area contributed by atoms with Crippen molar-refractivity contribution in [3.63, 3.8) is 0 Å². The quantitative estimate of drug-likeness (QED) is 0.482. The summed E-state index contributed by atoms with van der Waals surface area (Å²) in [6.45, 7) is 13.1. The lowest BCUT2D eigenvalue weighted by Crippen LogP contribution is -2.39. The standard InChI is InChI=1S/C18H30OSi/c1-13-7-6-9-18(2)10-8-15-14(12-20(3,4)5)11-19-17(15)16(13)18/h12,15,17H,6-11H2,1-5H3/b14-12-/t15-,17+,18-/m1/s1. The van der Waals surface area contributed by atoms with E-state index in [-0.39, 0.29) is 0 Å². The highest BCUT2D eigenvalue weighted by Gasteiger charge is 2.48. The van der Waals surface area contributed by atoms with Crippen molar-refractivity contribution in [1.29, 1.82) is 0 Å². The minimum atomic E-state index is -1.14. The average Bonchev–Trinajstić information content (AvgIpc) is 2.69. The van der Waals surface area contributed by atoms with Gasteiger partial charge in [0.2, 0.25) is 0 Å². The smallest absolute Gasteiger partial charge is 0.0863 e. The largest absolute Gasteiger partial charge is 0.369 e. The highest BCUT2D eigenvalue weighted by molar-refractivity contribution is 6.81. The molecule has 1 nitrogen and oxygen atoms in total. The van der Waals surface area contributed by atoms with Crippen LogP contribution in [0.15, 0.2) is 22.4 Å². The number of ether oxygens (including phenoxy) is 1. The Balaban J connectivity index is 1.95. The Kier molecular flexibility index (Phi) is 3.53. The van der Waals surface area contributed by atoms with Crippen molar-refractivity contribution in [2.24, 2.45) is 11.3 Å². The summed E-state index contributed by atoms with van der Waals surface area (Å²) in [5.74, 6) is 0.692. The summed E-state index contributed by atoms with van der Waals surface area (Å²) in [6, 6.07) is 0. The molecule has 0 aromatic carbocycles. The van der Waals surface area contributed by atoms with Gasteiger partial charge < -0.3 is 4.74 Å². The summed E-state index contributed by atoms with van der Waals surface area (Å²) in [4.78, 5) is 0. The monoisotopic (exact) mass is 290 g/mol. The minimum absolute atomic E-state index is 0.414. The van der Waals surface area contributed by atoms with Gasteiger partial charge in [-0.15, -0.1) is 0 Å². The molecule has 0 radical (unpaired) electrons. The number of rotatable bonds is 1. The zero-order valence-corrected chi connectivity index (χ0v) is 14.9. The molecule has 1 saturated heterocycles. The number of allylic oxidation sites excluding steroid dienone is 1. The van der Waals surface area contributed by atoms with Crippen molar-refractivity contribution < 1.29 is 4.74 Å². The first kappa shape index (κ1) is 14.6. The normalized spacial score (nSPS) is 40.0. The van der Waals surface area contributed by atoms with Gasteiger partial charge in [0.05, 0.1) is 20.8 Å². The second-order valence-electron chi connectivity index (χ2n) is 8.57. The Bertz CT molecular complexity index is 468. The molecule has 3 atom stereocenters. The molecule has 20 heavy (non-hydrogen) atoms. The van der Waals surface area contributed by atoms with E-state index in [4.69, 9.17) is 4.74 Å². The molecule has 2 aliphatic carbocycles. The lowest BCUT2D eigenvalue weighted by Gasteiger charge is -2.46. The van der Waals surface area contributed by atoms with Crippen LogP contribution in [0.2, 0.25) is 19.6 Å². The molecule has 0 unspecified atom stereocenters. The third-order valence-corrected chi connectivity index (χ3v) is 6.81. The van der Waals surface area contributed by atoms with Gasteiger partial charge in [-0.25, -0.2) is 0 Å². The van der Waals surface area contributed by atoms with Gasteiger partial charge in [0.15, 0.2) is 0 Å². The second kappa shape index (κ2) is 4.84. The summed E-state index contributed by atoms with van der Waals surface area (Å²) in [5, 5.41) is 0. The maximum atomic E-state index is 6.32. The summed E-state index contributed by atoms with van der Waals surface area (Å²) in [7, 11) is -1.14. The van der Waals surface area contributed by atoms with Gasteiger partial charge in [0.25, 0.3) is 0 Å². The molecule has 1 saturated carbocycles. The number of hydrogen-bond donors (Lipinski definition) is 0. The lowest BCUT2D eigenvalue weighted by molar-refractivity contribution is 0.0625. The highest BCUT2D eigenvalue weighted by Crippen LogP contribution is 2.55. The van der Waals surface area contributed by atoms with E-state index in [9.17, 15) is 0 Å². The second-order valence-corrected chi connectivity index (χ2v) is 13.6. The molecule has 0 spiro atoms. The van der Waals surface area contributed by atoms with Crippen LogP contribution in [0.1, 0.15) is 46.0 Å². The Hall–Kier alpha value is -0.343. The van der Waals surface area contributed by atoms with E-state index in [0.717, 1.165) is 6.61 Å². The van der Waals surface area contributed by atoms with Crippen molar-refractivity contribution in [2.75, 3.05) is 6.61 Å². The topological polar surface area (TPSA) is 9.23 Å². The van der Waals surface area contributed by atoms with Crippen molar-refractivity contribution in [3.8, 4) is 0 Å². The zero-order valence-electron chi connectivity index (χ0n) is 13.9. The molecule has 0 bridgehead atoms. The molecular weight excluding hydrogens is 260 g/mol. The summed E-state index contributed by atoms with van der Waals surface area (Å²) in [5.41, 5.74) is 8.01. The van der Waals surface area contributed by atoms with E-state index in [2.05, 4.69) is 39.2 Å². The van der Waals surface area contributed by atoms with Gasteiger partial charge in [-0.3, -0.25) is 0 Å². The van der Waals surface area contributed by atoms with Crippen LogP contribution >= 0.6 is 0 Å². The van der Waals surface area contributed by atoms with Crippen LogP contribution in [0.3, 0.4) is 0 Å². The fraction of sp³-hybridized carbons (Fsp3) is 0.778. The van der Waals surface area contributed by atoms with E-state index >= 15 is 0 Å². The van der Waals surface area contributed by atoms with E-state index in [1.807, 2.05) is 0 Å². The van der Waals surface area contributed by atoms with Gasteiger partial charge in [-0.05, 0) is 55.6 Å². The Morgan fingerprint density at radius 3 is 2.70 bits per heavy atom. The van der Waals surface area contributed by atoms with E-state index in [1.54, 1.807) is 16.7 Å². The third-order valence-electron chi connectivity index (χ3n) is 5.57. The maximum Gasteiger partial charge on any atom is 0.0863 e. The van der Waals surface area contributed by atoms with Gasteiger partial charge in [0.1, 0.15) is 0 Å². The first-order valence-electron chi connectivity index (χ1n) is 8.33. The van der Waals surface area contributed by atoms with Crippen LogP contribution in [0.5, 0.6) is 0 Å². The first-order valence-corrected chi connectivity index (χ1v) is 11.9. The van der Waals surface area contributed by atoms with Crippen molar-refractivity contribution in [3.05, 3.63) is 22.4 Å². The van der Waals surface area contributed by atoms with E-state index in [0.29, 0.717) is 17.4 Å². The number of hydrogen-bond acceptors (Lipinski definition) is 1. The molecule has 0 amide bonds. The zero-order chi connectivity index (χ0) is 14.5. The van der Waals surface area contributed by atoms with Crippen molar-refractivity contribution in [1.82, 2.24) is 0 Å². The van der Waals surface area contributed by atoms with Crippen LogP contribution in [0, 0.1) is 11.3 Å². The molecule has 0 aromatic rings. The first-order chi connectivity index (χ1) is 9.30. The van der Waals surface area contributed by atoms with Gasteiger partial charge in [-0.2, -0.15) is 0 Å². The fourth-order valence-corrected chi connectivity index (χ4v) is 6.19. The van der Waals surface area contributed by atoms with Crippen molar-refractivity contribution >= 4 is 8.07 Å². The van der Waals surface area contributed by atoms with Gasteiger partial charge >= 0.3 is 0 Å². The molecule has 3 aliphatic rings. The molecule has 2 heteroatoms. The van der Waals surface area contributed by atoms with Crippen LogP contribution < -0.4 is 0 Å². The molecule has 1 aliphatic heterocycles. The van der Waals surface area contributed by atoms with Gasteiger partial charge in [0, 0.05) is 5.92 Å². The van der Waals surface area contributed by atoms with Crippen molar-refractivity contribution in [2.45, 2.75) is 71.7 Å². The highest BCUT2D eigenvalue weighted by atomic mass is 28.3. The van der Waals surface area contributed by atoms with Crippen LogP contribution in [-0.4, -0.2) is 20.8 Å². The maximum absolute atomic E-state index is 6.32. The average molecular weight is 291 g/mol. The fourth-order valence-electron chi connectivity index (χ4n) is 4.78. The predicted molar refractivity (Wildman–Crippen MR) is 88.6 cm³/mol. The minimum Gasteiger partial charge on any atom is -0.369 e. The molecule has 3 rings (SSSR count). The molecule has 112 valence electrons. The van der Waals surface area contributed by atoms with Crippen LogP contribution in [-0.2, 0) is 4.74 Å².